The first-order chi connectivity index (χ1) is 7.69. The second-order valence-corrected chi connectivity index (χ2v) is 4.67. The lowest BCUT2D eigenvalue weighted by atomic mass is 10.1. The molecule has 0 aliphatic carbocycles. The maximum atomic E-state index is 7.57. The van der Waals surface area contributed by atoms with Gasteiger partial charge in [-0.05, 0) is 20.8 Å². The van der Waals surface area contributed by atoms with E-state index in [1.807, 2.05) is 0 Å². The summed E-state index contributed by atoms with van der Waals surface area (Å²) in [4.78, 5) is 5.12. The topological polar surface area (TPSA) is 35.9 Å². The van der Waals surface area contributed by atoms with E-state index in [1.54, 1.807) is 6.92 Å². The van der Waals surface area contributed by atoms with Gasteiger partial charge in [-0.25, -0.2) is 0 Å². The molecule has 0 radical (unpaired) electrons. The second kappa shape index (κ2) is 7.22. The SMILES string of the molecule is CC(C)N1CCN2CCOCC2C1.CCO. The third kappa shape index (κ3) is 4.01. The lowest BCUT2D eigenvalue weighted by molar-refractivity contribution is -0.0501. The summed E-state index contributed by atoms with van der Waals surface area (Å²) in [5, 5.41) is 7.57. The number of nitrogens with zero attached hydrogens (tertiary/aromatic N) is 2. The molecule has 4 heteroatoms. The smallest absolute Gasteiger partial charge is 0.0634 e. The zero-order valence-corrected chi connectivity index (χ0v) is 10.9. The van der Waals surface area contributed by atoms with Gasteiger partial charge in [0, 0.05) is 44.9 Å². The molecule has 2 aliphatic rings. The molecule has 2 heterocycles. The molecule has 2 rings (SSSR count). The van der Waals surface area contributed by atoms with Crippen LogP contribution >= 0.6 is 0 Å². The fourth-order valence-electron chi connectivity index (χ4n) is 2.24. The van der Waals surface area contributed by atoms with E-state index in [2.05, 4.69) is 23.6 Å². The van der Waals surface area contributed by atoms with Crippen molar-refractivity contribution in [2.24, 2.45) is 0 Å². The predicted molar refractivity (Wildman–Crippen MR) is 65.6 cm³/mol. The molecule has 4 nitrogen and oxygen atoms in total. The van der Waals surface area contributed by atoms with Crippen LogP contribution in [0.4, 0.5) is 0 Å². The van der Waals surface area contributed by atoms with E-state index in [9.17, 15) is 0 Å². The molecule has 2 saturated heterocycles. The molecule has 0 saturated carbocycles. The van der Waals surface area contributed by atoms with E-state index in [-0.39, 0.29) is 6.61 Å². The monoisotopic (exact) mass is 230 g/mol. The molecular weight excluding hydrogens is 204 g/mol. The van der Waals surface area contributed by atoms with Gasteiger partial charge in [0.2, 0.25) is 0 Å². The molecule has 1 unspecified atom stereocenters. The lowest BCUT2D eigenvalue weighted by Gasteiger charge is -2.45. The van der Waals surface area contributed by atoms with Gasteiger partial charge in [0.25, 0.3) is 0 Å². The maximum Gasteiger partial charge on any atom is 0.0634 e. The Morgan fingerprint density at radius 1 is 1.31 bits per heavy atom. The second-order valence-electron chi connectivity index (χ2n) is 4.67. The number of piperazine rings is 1. The summed E-state index contributed by atoms with van der Waals surface area (Å²) in [5.74, 6) is 0. The van der Waals surface area contributed by atoms with Crippen LogP contribution in [0.2, 0.25) is 0 Å². The molecule has 2 fully saturated rings. The summed E-state index contributed by atoms with van der Waals surface area (Å²) in [7, 11) is 0. The number of fused-ring (bicyclic) bond motifs is 1. The van der Waals surface area contributed by atoms with E-state index in [0.717, 1.165) is 19.8 Å². The van der Waals surface area contributed by atoms with Crippen LogP contribution in [0.25, 0.3) is 0 Å². The van der Waals surface area contributed by atoms with E-state index < -0.39 is 0 Å². The van der Waals surface area contributed by atoms with Crippen LogP contribution in [0.5, 0.6) is 0 Å². The van der Waals surface area contributed by atoms with Crippen LogP contribution in [0, 0.1) is 0 Å². The van der Waals surface area contributed by atoms with Crippen LogP contribution < -0.4 is 0 Å². The Balaban J connectivity index is 0.000000386. The highest BCUT2D eigenvalue weighted by atomic mass is 16.5. The molecule has 0 aromatic rings. The number of aliphatic hydroxyl groups excluding tert-OH is 1. The number of aliphatic hydroxyl groups is 1. The third-order valence-corrected chi connectivity index (χ3v) is 3.20. The Labute approximate surface area is 99.2 Å². The summed E-state index contributed by atoms with van der Waals surface area (Å²) in [5.41, 5.74) is 0. The van der Waals surface area contributed by atoms with E-state index in [4.69, 9.17) is 9.84 Å². The van der Waals surface area contributed by atoms with E-state index in [1.165, 1.54) is 19.6 Å². The van der Waals surface area contributed by atoms with Crippen molar-refractivity contribution in [3.8, 4) is 0 Å². The van der Waals surface area contributed by atoms with Crippen LogP contribution in [0.1, 0.15) is 20.8 Å². The first-order valence-corrected chi connectivity index (χ1v) is 6.35. The largest absolute Gasteiger partial charge is 0.397 e. The quantitative estimate of drug-likeness (QED) is 0.708. The standard InChI is InChI=1S/C10H20N2O.C2H6O/c1-9(2)12-4-3-11-5-6-13-8-10(11)7-12;1-2-3/h9-10H,3-8H2,1-2H3;3H,2H2,1H3. The number of rotatable bonds is 1. The average Bonchev–Trinajstić information content (AvgIpc) is 2.29. The molecule has 0 bridgehead atoms. The van der Waals surface area contributed by atoms with Crippen LogP contribution in [-0.4, -0.2) is 73.0 Å². The Bertz CT molecular complexity index is 188. The Hall–Kier alpha value is -0.160. The normalized spacial score (nSPS) is 27.2. The first-order valence-electron chi connectivity index (χ1n) is 6.35. The minimum atomic E-state index is 0.250. The van der Waals surface area contributed by atoms with Crippen molar-refractivity contribution in [3.05, 3.63) is 0 Å². The molecule has 96 valence electrons. The summed E-state index contributed by atoms with van der Waals surface area (Å²) < 4.78 is 5.50. The Morgan fingerprint density at radius 3 is 2.62 bits per heavy atom. The zero-order valence-electron chi connectivity index (χ0n) is 10.9. The van der Waals surface area contributed by atoms with Crippen LogP contribution in [0.15, 0.2) is 0 Å². The lowest BCUT2D eigenvalue weighted by Crippen LogP contribution is -2.59. The van der Waals surface area contributed by atoms with Crippen molar-refractivity contribution in [1.82, 2.24) is 9.80 Å². The van der Waals surface area contributed by atoms with Crippen LogP contribution in [0.3, 0.4) is 0 Å². The number of morpholine rings is 1. The fraction of sp³-hybridized carbons (Fsp3) is 1.00. The molecule has 1 atom stereocenters. The molecule has 0 spiro atoms. The zero-order chi connectivity index (χ0) is 12.0. The molecule has 0 aromatic heterocycles. The molecule has 2 aliphatic heterocycles. The summed E-state index contributed by atoms with van der Waals surface area (Å²) in [6, 6.07) is 1.34. The van der Waals surface area contributed by atoms with Gasteiger partial charge in [-0.1, -0.05) is 0 Å². The fourth-order valence-corrected chi connectivity index (χ4v) is 2.24. The highest BCUT2D eigenvalue weighted by Gasteiger charge is 2.30. The molecular formula is C12H26N2O2. The maximum absolute atomic E-state index is 7.57. The van der Waals surface area contributed by atoms with Crippen molar-refractivity contribution in [2.75, 3.05) is 46.0 Å². The van der Waals surface area contributed by atoms with Crippen LogP contribution in [-0.2, 0) is 4.74 Å². The van der Waals surface area contributed by atoms with Crippen molar-refractivity contribution < 1.29 is 9.84 Å². The van der Waals surface area contributed by atoms with Crippen molar-refractivity contribution in [3.63, 3.8) is 0 Å². The van der Waals surface area contributed by atoms with Gasteiger partial charge in [-0.15, -0.1) is 0 Å². The number of hydrogen-bond acceptors (Lipinski definition) is 4. The number of ether oxygens (including phenoxy) is 1. The van der Waals surface area contributed by atoms with Gasteiger partial charge in [-0.2, -0.15) is 0 Å². The van der Waals surface area contributed by atoms with E-state index >= 15 is 0 Å². The summed E-state index contributed by atoms with van der Waals surface area (Å²) in [6.45, 7) is 13.1. The van der Waals surface area contributed by atoms with Crippen molar-refractivity contribution in [1.29, 1.82) is 0 Å². The van der Waals surface area contributed by atoms with E-state index in [0.29, 0.717) is 12.1 Å². The van der Waals surface area contributed by atoms with Gasteiger partial charge in [0.1, 0.15) is 0 Å². The highest BCUT2D eigenvalue weighted by Crippen LogP contribution is 2.15. The summed E-state index contributed by atoms with van der Waals surface area (Å²) in [6.07, 6.45) is 0. The summed E-state index contributed by atoms with van der Waals surface area (Å²) >= 11 is 0. The minimum Gasteiger partial charge on any atom is -0.397 e. The van der Waals surface area contributed by atoms with Crippen molar-refractivity contribution in [2.45, 2.75) is 32.9 Å². The Kier molecular flexibility index (Phi) is 6.28. The molecule has 1 N–H and O–H groups in total. The molecule has 0 aromatic carbocycles. The van der Waals surface area contributed by atoms with Crippen molar-refractivity contribution >= 4 is 0 Å². The molecule has 16 heavy (non-hydrogen) atoms. The highest BCUT2D eigenvalue weighted by molar-refractivity contribution is 4.85. The Morgan fingerprint density at radius 2 is 2.00 bits per heavy atom. The van der Waals surface area contributed by atoms with Gasteiger partial charge in [0.15, 0.2) is 0 Å². The predicted octanol–water partition coefficient (Wildman–Crippen LogP) is 0.410. The minimum absolute atomic E-state index is 0.250. The third-order valence-electron chi connectivity index (χ3n) is 3.20. The average molecular weight is 230 g/mol. The van der Waals surface area contributed by atoms with Gasteiger partial charge >= 0.3 is 0 Å². The number of hydrogen-bond donors (Lipinski definition) is 1. The van der Waals surface area contributed by atoms with Gasteiger partial charge in [0.05, 0.1) is 13.2 Å². The van der Waals surface area contributed by atoms with Gasteiger partial charge in [-0.3, -0.25) is 9.80 Å². The van der Waals surface area contributed by atoms with Gasteiger partial charge < -0.3 is 9.84 Å². The first kappa shape index (κ1) is 13.9. The molecule has 0 amide bonds.